The van der Waals surface area contributed by atoms with Crippen molar-refractivity contribution in [1.29, 1.82) is 0 Å². The van der Waals surface area contributed by atoms with E-state index < -0.39 is 25.1 Å². The van der Waals surface area contributed by atoms with E-state index in [1.54, 1.807) is 24.3 Å². The predicted octanol–water partition coefficient (Wildman–Crippen LogP) is 3.13. The lowest BCUT2D eigenvalue weighted by molar-refractivity contribution is -0.119. The van der Waals surface area contributed by atoms with Crippen molar-refractivity contribution >= 4 is 17.9 Å². The highest BCUT2D eigenvalue weighted by molar-refractivity contribution is 5.96. The van der Waals surface area contributed by atoms with Crippen molar-refractivity contribution in [1.82, 2.24) is 10.2 Å². The molecule has 0 saturated carbocycles. The summed E-state index contributed by atoms with van der Waals surface area (Å²) >= 11 is 0. The van der Waals surface area contributed by atoms with Gasteiger partial charge in [0.05, 0.1) is 0 Å². The zero-order valence-electron chi connectivity index (χ0n) is 14.2. The minimum Gasteiger partial charge on any atom is -0.452 e. The maximum Gasteiger partial charge on any atom is 0.387 e. The fraction of sp³-hybridized carbons (Fsp3) is 0.111. The van der Waals surface area contributed by atoms with Crippen LogP contribution in [0.5, 0.6) is 5.75 Å². The van der Waals surface area contributed by atoms with Gasteiger partial charge in [-0.05, 0) is 24.3 Å². The van der Waals surface area contributed by atoms with Crippen LogP contribution in [0.15, 0.2) is 59.0 Å². The van der Waals surface area contributed by atoms with Crippen molar-refractivity contribution in [2.24, 2.45) is 0 Å². The van der Waals surface area contributed by atoms with Gasteiger partial charge in [0.2, 0.25) is 5.89 Å². The van der Waals surface area contributed by atoms with E-state index in [9.17, 15) is 18.4 Å². The lowest BCUT2D eigenvalue weighted by atomic mass is 10.2. The molecule has 0 aliphatic rings. The number of nitrogens with zero attached hydrogens (tertiary/aromatic N) is 2. The molecule has 144 valence electrons. The van der Waals surface area contributed by atoms with Crippen LogP contribution in [0.1, 0.15) is 10.4 Å². The van der Waals surface area contributed by atoms with E-state index in [0.717, 1.165) is 0 Å². The SMILES string of the molecule is O=C(COC(=O)c1ccccc1OC(F)F)Nc1nnc(-c2ccccc2)o1. The first kappa shape index (κ1) is 19.0. The van der Waals surface area contributed by atoms with Gasteiger partial charge in [0.15, 0.2) is 6.61 Å². The van der Waals surface area contributed by atoms with E-state index in [1.807, 2.05) is 6.07 Å². The summed E-state index contributed by atoms with van der Waals surface area (Å²) in [6.07, 6.45) is 0. The van der Waals surface area contributed by atoms with Crippen LogP contribution in [0.4, 0.5) is 14.8 Å². The number of aromatic nitrogens is 2. The monoisotopic (exact) mass is 389 g/mol. The third-order valence-corrected chi connectivity index (χ3v) is 3.35. The van der Waals surface area contributed by atoms with Gasteiger partial charge in [-0.2, -0.15) is 8.78 Å². The second-order valence-corrected chi connectivity index (χ2v) is 5.28. The first-order valence-corrected chi connectivity index (χ1v) is 7.92. The van der Waals surface area contributed by atoms with E-state index in [0.29, 0.717) is 5.56 Å². The van der Waals surface area contributed by atoms with Crippen molar-refractivity contribution < 1.29 is 32.3 Å². The summed E-state index contributed by atoms with van der Waals surface area (Å²) in [6, 6.07) is 14.0. The van der Waals surface area contributed by atoms with Gasteiger partial charge in [0, 0.05) is 5.56 Å². The molecule has 0 spiro atoms. The molecule has 1 amide bonds. The van der Waals surface area contributed by atoms with E-state index in [4.69, 9.17) is 9.15 Å². The Morgan fingerprint density at radius 1 is 1.04 bits per heavy atom. The number of hydrogen-bond acceptors (Lipinski definition) is 7. The molecule has 0 fully saturated rings. The summed E-state index contributed by atoms with van der Waals surface area (Å²) in [6.45, 7) is -3.79. The van der Waals surface area contributed by atoms with Crippen molar-refractivity contribution in [3.8, 4) is 17.2 Å². The fourth-order valence-corrected chi connectivity index (χ4v) is 2.17. The number of benzene rings is 2. The zero-order valence-corrected chi connectivity index (χ0v) is 14.2. The molecule has 8 nitrogen and oxygen atoms in total. The maximum absolute atomic E-state index is 12.4. The first-order valence-electron chi connectivity index (χ1n) is 7.92. The summed E-state index contributed by atoms with van der Waals surface area (Å²) in [7, 11) is 0. The number of nitrogens with one attached hydrogen (secondary N) is 1. The number of carbonyl (C=O) groups excluding carboxylic acids is 2. The van der Waals surface area contributed by atoms with Crippen LogP contribution in [0, 0.1) is 0 Å². The molecular weight excluding hydrogens is 376 g/mol. The van der Waals surface area contributed by atoms with Crippen LogP contribution < -0.4 is 10.1 Å². The number of rotatable bonds is 7. The predicted molar refractivity (Wildman–Crippen MR) is 91.7 cm³/mol. The average molecular weight is 389 g/mol. The molecule has 3 aromatic rings. The Balaban J connectivity index is 1.56. The number of amides is 1. The summed E-state index contributed by atoms with van der Waals surface area (Å²) in [5, 5.41) is 9.74. The first-order chi connectivity index (χ1) is 13.5. The van der Waals surface area contributed by atoms with Crippen LogP contribution in [0.2, 0.25) is 0 Å². The van der Waals surface area contributed by atoms with Gasteiger partial charge in [0.1, 0.15) is 11.3 Å². The quantitative estimate of drug-likeness (QED) is 0.619. The molecule has 0 atom stereocenters. The molecule has 0 aliphatic carbocycles. The number of carbonyl (C=O) groups is 2. The van der Waals surface area contributed by atoms with Crippen molar-refractivity contribution in [2.45, 2.75) is 6.61 Å². The Bertz CT molecular complexity index is 963. The van der Waals surface area contributed by atoms with Crippen molar-refractivity contribution in [3.63, 3.8) is 0 Å². The summed E-state index contributed by atoms with van der Waals surface area (Å²) in [4.78, 5) is 23.9. The molecule has 0 bridgehead atoms. The zero-order chi connectivity index (χ0) is 19.9. The van der Waals surface area contributed by atoms with Gasteiger partial charge < -0.3 is 13.9 Å². The second kappa shape index (κ2) is 8.71. The molecule has 1 N–H and O–H groups in total. The van der Waals surface area contributed by atoms with Gasteiger partial charge in [0.25, 0.3) is 5.91 Å². The Morgan fingerprint density at radius 3 is 2.50 bits per heavy atom. The lowest BCUT2D eigenvalue weighted by Crippen LogP contribution is -2.21. The maximum atomic E-state index is 12.4. The summed E-state index contributed by atoms with van der Waals surface area (Å²) in [5.74, 6) is -1.90. The van der Waals surface area contributed by atoms with Gasteiger partial charge in [-0.25, -0.2) is 4.79 Å². The number of alkyl halides is 2. The number of hydrogen-bond donors (Lipinski definition) is 1. The van der Waals surface area contributed by atoms with Crippen LogP contribution >= 0.6 is 0 Å². The molecule has 0 aliphatic heterocycles. The molecule has 10 heteroatoms. The summed E-state index contributed by atoms with van der Waals surface area (Å²) < 4.78 is 39.1. The van der Waals surface area contributed by atoms with Gasteiger partial charge in [-0.3, -0.25) is 10.1 Å². The Hall–Kier alpha value is -3.82. The second-order valence-electron chi connectivity index (χ2n) is 5.28. The lowest BCUT2D eigenvalue weighted by Gasteiger charge is -2.09. The summed E-state index contributed by atoms with van der Waals surface area (Å²) in [5.41, 5.74) is 0.428. The number of ether oxygens (including phenoxy) is 2. The van der Waals surface area contributed by atoms with E-state index >= 15 is 0 Å². The van der Waals surface area contributed by atoms with Crippen LogP contribution in [-0.2, 0) is 9.53 Å². The highest BCUT2D eigenvalue weighted by Crippen LogP contribution is 2.21. The highest BCUT2D eigenvalue weighted by atomic mass is 19.3. The van der Waals surface area contributed by atoms with Gasteiger partial charge >= 0.3 is 18.6 Å². The molecular formula is C18H13F2N3O5. The third-order valence-electron chi connectivity index (χ3n) is 3.35. The fourth-order valence-electron chi connectivity index (χ4n) is 2.17. The van der Waals surface area contributed by atoms with E-state index in [2.05, 4.69) is 20.3 Å². The van der Waals surface area contributed by atoms with Crippen LogP contribution in [-0.4, -0.2) is 35.3 Å². The molecule has 0 radical (unpaired) electrons. The average Bonchev–Trinajstić information content (AvgIpc) is 3.15. The molecule has 0 saturated heterocycles. The van der Waals surface area contributed by atoms with E-state index in [-0.39, 0.29) is 23.2 Å². The minimum absolute atomic E-state index is 0.179. The Kier molecular flexibility index (Phi) is 5.90. The molecule has 1 aromatic heterocycles. The Morgan fingerprint density at radius 2 is 1.75 bits per heavy atom. The smallest absolute Gasteiger partial charge is 0.387 e. The van der Waals surface area contributed by atoms with Crippen LogP contribution in [0.25, 0.3) is 11.5 Å². The molecule has 0 unspecified atom stereocenters. The minimum atomic E-state index is -3.10. The van der Waals surface area contributed by atoms with Crippen molar-refractivity contribution in [2.75, 3.05) is 11.9 Å². The molecule has 28 heavy (non-hydrogen) atoms. The largest absolute Gasteiger partial charge is 0.452 e. The Labute approximate surface area is 157 Å². The number of halogens is 2. The highest BCUT2D eigenvalue weighted by Gasteiger charge is 2.18. The molecule has 3 rings (SSSR count). The van der Waals surface area contributed by atoms with Crippen molar-refractivity contribution in [3.05, 3.63) is 60.2 Å². The number of para-hydroxylation sites is 1. The third kappa shape index (κ3) is 4.87. The normalized spacial score (nSPS) is 10.5. The molecule has 1 heterocycles. The number of esters is 1. The molecule has 2 aromatic carbocycles. The van der Waals surface area contributed by atoms with Gasteiger partial charge in [-0.15, -0.1) is 5.10 Å². The van der Waals surface area contributed by atoms with E-state index in [1.165, 1.54) is 24.3 Å². The van der Waals surface area contributed by atoms with Crippen LogP contribution in [0.3, 0.4) is 0 Å². The standard InChI is InChI=1S/C18H13F2N3O5/c19-17(20)27-13-9-5-4-8-12(13)16(25)26-10-14(24)21-18-23-22-15(28-18)11-6-2-1-3-7-11/h1-9,17H,10H2,(H,21,23,24). The van der Waals surface area contributed by atoms with Gasteiger partial charge in [-0.1, -0.05) is 35.4 Å². The topological polar surface area (TPSA) is 104 Å². The number of anilines is 1.